The molecule has 0 amide bonds. The van der Waals surface area contributed by atoms with E-state index >= 15 is 0 Å². The van der Waals surface area contributed by atoms with E-state index in [1.807, 2.05) is 36.4 Å². The number of imidazole rings is 1. The predicted molar refractivity (Wildman–Crippen MR) is 125 cm³/mol. The van der Waals surface area contributed by atoms with Crippen molar-refractivity contribution in [2.75, 3.05) is 26.1 Å². The van der Waals surface area contributed by atoms with E-state index < -0.39 is 5.97 Å². The summed E-state index contributed by atoms with van der Waals surface area (Å²) < 4.78 is 12.5. The number of aromatic nitrogens is 3. The van der Waals surface area contributed by atoms with E-state index in [1.165, 1.54) is 6.07 Å². The Morgan fingerprint density at radius 3 is 2.52 bits per heavy atom. The van der Waals surface area contributed by atoms with E-state index in [1.54, 1.807) is 37.2 Å². The first-order valence-electron chi connectivity index (χ1n) is 10.4. The van der Waals surface area contributed by atoms with Crippen molar-refractivity contribution in [1.29, 1.82) is 0 Å². The van der Waals surface area contributed by atoms with Gasteiger partial charge in [-0.3, -0.25) is 4.57 Å². The first-order chi connectivity index (χ1) is 16.0. The fourth-order valence-corrected chi connectivity index (χ4v) is 3.72. The molecule has 1 atom stereocenters. The van der Waals surface area contributed by atoms with E-state index in [9.17, 15) is 9.90 Å². The summed E-state index contributed by atoms with van der Waals surface area (Å²) in [5, 5.41) is 13.0. The number of ether oxygens (including phenoxy) is 2. The molecule has 9 heteroatoms. The number of nitrogens with two attached hydrogens (primary N) is 1. The highest BCUT2D eigenvalue weighted by Gasteiger charge is 2.19. The van der Waals surface area contributed by atoms with Crippen molar-refractivity contribution < 1.29 is 19.4 Å². The van der Waals surface area contributed by atoms with Crippen LogP contribution in [0.4, 0.5) is 5.82 Å². The van der Waals surface area contributed by atoms with Gasteiger partial charge >= 0.3 is 5.97 Å². The summed E-state index contributed by atoms with van der Waals surface area (Å²) in [6.07, 6.45) is 2.24. The number of aromatic carboxylic acids is 1. The third-order valence-corrected chi connectivity index (χ3v) is 5.38. The summed E-state index contributed by atoms with van der Waals surface area (Å²) in [5.41, 5.74) is 8.33. The zero-order chi connectivity index (χ0) is 23.4. The zero-order valence-corrected chi connectivity index (χ0v) is 18.4. The van der Waals surface area contributed by atoms with Crippen LogP contribution < -0.4 is 20.5 Å². The molecule has 170 valence electrons. The second-order valence-electron chi connectivity index (χ2n) is 7.37. The highest BCUT2D eigenvalue weighted by atomic mass is 16.5. The number of carboxylic acid groups (broad SMARTS) is 1. The lowest BCUT2D eigenvalue weighted by Gasteiger charge is -2.21. The molecule has 33 heavy (non-hydrogen) atoms. The van der Waals surface area contributed by atoms with Gasteiger partial charge in [-0.2, -0.15) is 0 Å². The van der Waals surface area contributed by atoms with E-state index in [-0.39, 0.29) is 17.4 Å². The summed E-state index contributed by atoms with van der Waals surface area (Å²) in [6, 6.07) is 16.3. The van der Waals surface area contributed by atoms with Gasteiger partial charge in [-0.25, -0.2) is 14.8 Å². The maximum absolute atomic E-state index is 11.9. The van der Waals surface area contributed by atoms with Crippen LogP contribution in [0.3, 0.4) is 0 Å². The zero-order valence-electron chi connectivity index (χ0n) is 18.4. The van der Waals surface area contributed by atoms with Gasteiger partial charge in [-0.05, 0) is 30.7 Å². The fraction of sp³-hybridized carbons (Fsp3) is 0.208. The molecule has 2 aromatic carbocycles. The van der Waals surface area contributed by atoms with Crippen LogP contribution in [-0.2, 0) is 0 Å². The van der Waals surface area contributed by atoms with E-state index in [0.717, 1.165) is 11.1 Å². The predicted octanol–water partition coefficient (Wildman–Crippen LogP) is 3.64. The van der Waals surface area contributed by atoms with Crippen LogP contribution in [0.2, 0.25) is 0 Å². The quantitative estimate of drug-likeness (QED) is 0.355. The molecule has 0 aliphatic carbocycles. The van der Waals surface area contributed by atoms with Crippen LogP contribution in [0.1, 0.15) is 28.4 Å². The molecule has 2 heterocycles. The molecule has 0 saturated heterocycles. The molecule has 0 bridgehead atoms. The third-order valence-electron chi connectivity index (χ3n) is 5.38. The monoisotopic (exact) mass is 447 g/mol. The second kappa shape index (κ2) is 9.58. The summed E-state index contributed by atoms with van der Waals surface area (Å²) in [4.78, 5) is 21.0. The van der Waals surface area contributed by atoms with Crippen molar-refractivity contribution in [2.24, 2.45) is 5.73 Å². The Morgan fingerprint density at radius 1 is 1.12 bits per heavy atom. The van der Waals surface area contributed by atoms with Crippen molar-refractivity contribution in [2.45, 2.75) is 12.5 Å². The van der Waals surface area contributed by atoms with Gasteiger partial charge in [0.1, 0.15) is 23.5 Å². The lowest BCUT2D eigenvalue weighted by molar-refractivity contribution is 0.0697. The number of anilines is 1. The van der Waals surface area contributed by atoms with E-state index in [4.69, 9.17) is 15.2 Å². The Kier molecular flexibility index (Phi) is 6.41. The first kappa shape index (κ1) is 22.1. The largest absolute Gasteiger partial charge is 0.493 e. The number of benzene rings is 2. The van der Waals surface area contributed by atoms with Crippen LogP contribution in [0, 0.1) is 0 Å². The van der Waals surface area contributed by atoms with Crippen LogP contribution in [-0.4, -0.2) is 46.4 Å². The number of pyridine rings is 1. The summed E-state index contributed by atoms with van der Waals surface area (Å²) in [6.45, 7) is 0.433. The Labute approximate surface area is 190 Å². The Hall–Kier alpha value is -4.11. The minimum atomic E-state index is -1.07. The van der Waals surface area contributed by atoms with Crippen LogP contribution in [0.5, 0.6) is 11.5 Å². The number of rotatable bonds is 9. The first-order valence-corrected chi connectivity index (χ1v) is 10.4. The van der Waals surface area contributed by atoms with Gasteiger partial charge in [-0.1, -0.05) is 30.3 Å². The number of hydrogen-bond donors (Lipinski definition) is 3. The molecule has 1 unspecified atom stereocenters. The van der Waals surface area contributed by atoms with Crippen molar-refractivity contribution in [1.82, 2.24) is 14.5 Å². The van der Waals surface area contributed by atoms with Gasteiger partial charge in [0.2, 0.25) is 0 Å². The Bertz CT molecular complexity index is 1270. The van der Waals surface area contributed by atoms with E-state index in [2.05, 4.69) is 15.3 Å². The number of carboxylic acids is 1. The molecule has 4 aromatic rings. The number of hydrogen-bond acceptors (Lipinski definition) is 7. The van der Waals surface area contributed by atoms with Crippen molar-refractivity contribution in [3.63, 3.8) is 0 Å². The molecule has 2 aromatic heterocycles. The Balaban J connectivity index is 1.79. The van der Waals surface area contributed by atoms with Gasteiger partial charge < -0.3 is 25.6 Å². The minimum Gasteiger partial charge on any atom is -0.493 e. The molecular formula is C24H25N5O4. The van der Waals surface area contributed by atoms with Gasteiger partial charge in [0, 0.05) is 12.1 Å². The Morgan fingerprint density at radius 2 is 1.85 bits per heavy atom. The van der Waals surface area contributed by atoms with Crippen molar-refractivity contribution >= 4 is 22.8 Å². The SMILES string of the molecule is COc1cc2ncn(-c3ccc(C(=O)O)c(NC(CCN)c4ccccc4)n3)c2cc1OC. The molecule has 0 fully saturated rings. The fourth-order valence-electron chi connectivity index (χ4n) is 3.72. The molecule has 0 saturated carbocycles. The summed E-state index contributed by atoms with van der Waals surface area (Å²) in [5.74, 6) is 0.818. The van der Waals surface area contributed by atoms with Gasteiger partial charge in [0.15, 0.2) is 11.5 Å². The van der Waals surface area contributed by atoms with Crippen molar-refractivity contribution in [3.8, 4) is 17.3 Å². The second-order valence-corrected chi connectivity index (χ2v) is 7.37. The molecule has 0 aliphatic rings. The summed E-state index contributed by atoms with van der Waals surface area (Å²) in [7, 11) is 3.13. The van der Waals surface area contributed by atoms with Crippen LogP contribution >= 0.6 is 0 Å². The molecule has 9 nitrogen and oxygen atoms in total. The minimum absolute atomic E-state index is 0.0698. The molecule has 0 aliphatic heterocycles. The lowest BCUT2D eigenvalue weighted by atomic mass is 10.0. The molecule has 0 spiro atoms. The summed E-state index contributed by atoms with van der Waals surface area (Å²) >= 11 is 0. The maximum Gasteiger partial charge on any atom is 0.339 e. The molecular weight excluding hydrogens is 422 g/mol. The number of nitrogens with one attached hydrogen (secondary N) is 1. The van der Waals surface area contributed by atoms with Gasteiger partial charge in [0.05, 0.1) is 31.3 Å². The molecule has 4 N–H and O–H groups in total. The average Bonchev–Trinajstić information content (AvgIpc) is 3.26. The standard InChI is InChI=1S/C24H25N5O4/c1-32-20-12-18-19(13-21(20)33-2)29(14-26-18)22-9-8-16(24(30)31)23(28-22)27-17(10-11-25)15-6-4-3-5-7-15/h3-9,12-14,17H,10-11,25H2,1-2H3,(H,27,28)(H,30,31). The van der Waals surface area contributed by atoms with Crippen molar-refractivity contribution in [3.05, 3.63) is 72.1 Å². The van der Waals surface area contributed by atoms with E-state index in [0.29, 0.717) is 35.8 Å². The maximum atomic E-state index is 11.9. The van der Waals surface area contributed by atoms with Crippen LogP contribution in [0.15, 0.2) is 60.9 Å². The highest BCUT2D eigenvalue weighted by Crippen LogP contribution is 2.33. The van der Waals surface area contributed by atoms with Gasteiger partial charge in [0.25, 0.3) is 0 Å². The van der Waals surface area contributed by atoms with Gasteiger partial charge in [-0.15, -0.1) is 0 Å². The number of carbonyl (C=O) groups is 1. The smallest absolute Gasteiger partial charge is 0.339 e. The van der Waals surface area contributed by atoms with Crippen LogP contribution in [0.25, 0.3) is 16.9 Å². The topological polar surface area (TPSA) is 125 Å². The number of nitrogens with zero attached hydrogens (tertiary/aromatic N) is 3. The third kappa shape index (κ3) is 4.44. The molecule has 4 rings (SSSR count). The highest BCUT2D eigenvalue weighted by molar-refractivity contribution is 5.93. The molecule has 0 radical (unpaired) electrons. The lowest BCUT2D eigenvalue weighted by Crippen LogP contribution is -2.18. The normalized spacial score (nSPS) is 11.8. The number of methoxy groups -OCH3 is 2. The average molecular weight is 447 g/mol. The number of fused-ring (bicyclic) bond motifs is 1.